The molecule has 0 aliphatic heterocycles. The van der Waals surface area contributed by atoms with Crippen LogP contribution in [0.4, 0.5) is 0 Å². The summed E-state index contributed by atoms with van der Waals surface area (Å²) < 4.78 is 1.93. The van der Waals surface area contributed by atoms with Gasteiger partial charge >= 0.3 is 0 Å². The van der Waals surface area contributed by atoms with E-state index in [1.165, 1.54) is 0 Å². The molecule has 0 aliphatic carbocycles. The minimum absolute atomic E-state index is 0.00648. The molecule has 2 rings (SSSR count). The molecule has 0 aliphatic rings. The monoisotopic (exact) mass is 222 g/mol. The van der Waals surface area contributed by atoms with Crippen molar-refractivity contribution in [1.82, 2.24) is 14.8 Å². The number of hydrogen-bond donors (Lipinski definition) is 1. The number of rotatable bonds is 3. The van der Waals surface area contributed by atoms with Crippen LogP contribution >= 0.6 is 11.3 Å². The van der Waals surface area contributed by atoms with Gasteiger partial charge in [0.15, 0.2) is 0 Å². The first kappa shape index (κ1) is 10.3. The van der Waals surface area contributed by atoms with Gasteiger partial charge in [0, 0.05) is 24.2 Å². The third kappa shape index (κ3) is 1.93. The van der Waals surface area contributed by atoms with Crippen molar-refractivity contribution in [1.29, 1.82) is 0 Å². The predicted molar refractivity (Wildman–Crippen MR) is 61.6 cm³/mol. The highest BCUT2D eigenvalue weighted by Crippen LogP contribution is 2.25. The molecule has 1 unspecified atom stereocenters. The van der Waals surface area contributed by atoms with Gasteiger partial charge in [-0.15, -0.1) is 11.3 Å². The van der Waals surface area contributed by atoms with Gasteiger partial charge in [0.05, 0.1) is 11.4 Å². The van der Waals surface area contributed by atoms with Crippen molar-refractivity contribution in [2.45, 2.75) is 26.4 Å². The molecule has 5 heteroatoms. The van der Waals surface area contributed by atoms with Gasteiger partial charge in [-0.2, -0.15) is 5.10 Å². The Kier molecular flexibility index (Phi) is 2.83. The minimum atomic E-state index is -0.00648. The first-order valence-corrected chi connectivity index (χ1v) is 5.83. The van der Waals surface area contributed by atoms with Gasteiger partial charge in [-0.1, -0.05) is 0 Å². The topological polar surface area (TPSA) is 56.7 Å². The van der Waals surface area contributed by atoms with E-state index >= 15 is 0 Å². The van der Waals surface area contributed by atoms with Gasteiger partial charge in [0.25, 0.3) is 0 Å². The van der Waals surface area contributed by atoms with Crippen LogP contribution in [0.15, 0.2) is 17.6 Å². The summed E-state index contributed by atoms with van der Waals surface area (Å²) in [4.78, 5) is 4.49. The van der Waals surface area contributed by atoms with Gasteiger partial charge in [-0.25, -0.2) is 4.98 Å². The molecule has 2 heterocycles. The number of nitrogens with two attached hydrogens (primary N) is 1. The summed E-state index contributed by atoms with van der Waals surface area (Å²) in [5, 5.41) is 7.21. The molecular weight excluding hydrogens is 208 g/mol. The van der Waals surface area contributed by atoms with Crippen LogP contribution < -0.4 is 5.73 Å². The van der Waals surface area contributed by atoms with Gasteiger partial charge in [-0.05, 0) is 19.9 Å². The summed E-state index contributed by atoms with van der Waals surface area (Å²) in [6.07, 6.45) is 1.80. The Morgan fingerprint density at radius 2 is 2.40 bits per heavy atom. The van der Waals surface area contributed by atoms with Crippen LogP contribution in [-0.2, 0) is 6.54 Å². The molecule has 0 radical (unpaired) electrons. The van der Waals surface area contributed by atoms with E-state index < -0.39 is 0 Å². The molecule has 0 fully saturated rings. The minimum Gasteiger partial charge on any atom is -0.323 e. The zero-order valence-corrected chi connectivity index (χ0v) is 9.66. The quantitative estimate of drug-likeness (QED) is 0.864. The second-order valence-corrected chi connectivity index (χ2v) is 4.26. The smallest absolute Gasteiger partial charge is 0.141 e. The number of thiazole rings is 1. The van der Waals surface area contributed by atoms with Crippen molar-refractivity contribution in [2.24, 2.45) is 5.73 Å². The second-order valence-electron chi connectivity index (χ2n) is 3.40. The molecule has 0 bridgehead atoms. The summed E-state index contributed by atoms with van der Waals surface area (Å²) in [6, 6.07) is 1.97. The van der Waals surface area contributed by atoms with Crippen molar-refractivity contribution in [3.05, 3.63) is 23.3 Å². The lowest BCUT2D eigenvalue weighted by Gasteiger charge is -2.01. The highest BCUT2D eigenvalue weighted by atomic mass is 32.1. The zero-order chi connectivity index (χ0) is 10.8. The van der Waals surface area contributed by atoms with E-state index in [4.69, 9.17) is 5.73 Å². The Bertz CT molecular complexity index is 444. The van der Waals surface area contributed by atoms with Crippen molar-refractivity contribution in [2.75, 3.05) is 0 Å². The maximum atomic E-state index is 5.77. The third-order valence-corrected chi connectivity index (χ3v) is 3.11. The Balaban J connectivity index is 2.37. The van der Waals surface area contributed by atoms with E-state index in [0.717, 1.165) is 22.9 Å². The molecule has 2 aromatic rings. The number of hydrogen-bond acceptors (Lipinski definition) is 4. The van der Waals surface area contributed by atoms with Gasteiger partial charge in [-0.3, -0.25) is 4.68 Å². The maximum absolute atomic E-state index is 5.77. The van der Waals surface area contributed by atoms with Gasteiger partial charge in [0.1, 0.15) is 5.01 Å². The Morgan fingerprint density at radius 3 is 3.00 bits per heavy atom. The molecule has 0 spiro atoms. The van der Waals surface area contributed by atoms with E-state index in [1.807, 2.05) is 23.1 Å². The first-order valence-electron chi connectivity index (χ1n) is 4.95. The molecule has 15 heavy (non-hydrogen) atoms. The van der Waals surface area contributed by atoms with Crippen molar-refractivity contribution >= 4 is 11.3 Å². The number of aryl methyl sites for hydroxylation is 1. The van der Waals surface area contributed by atoms with Crippen LogP contribution in [0.2, 0.25) is 0 Å². The van der Waals surface area contributed by atoms with E-state index in [2.05, 4.69) is 17.0 Å². The number of aromatic nitrogens is 3. The fourth-order valence-corrected chi connectivity index (χ4v) is 2.33. The largest absolute Gasteiger partial charge is 0.323 e. The van der Waals surface area contributed by atoms with Crippen molar-refractivity contribution in [3.8, 4) is 10.7 Å². The predicted octanol–water partition coefficient (Wildman–Crippen LogP) is 2.05. The first-order chi connectivity index (χ1) is 7.22. The van der Waals surface area contributed by atoms with Crippen LogP contribution in [0.1, 0.15) is 25.6 Å². The van der Waals surface area contributed by atoms with Crippen molar-refractivity contribution < 1.29 is 0 Å². The SMILES string of the molecule is CCn1nccc1-c1nc(C(C)N)cs1. The van der Waals surface area contributed by atoms with E-state index in [-0.39, 0.29) is 6.04 Å². The highest BCUT2D eigenvalue weighted by molar-refractivity contribution is 7.13. The standard InChI is InChI=1S/C10H14N4S/c1-3-14-9(4-5-12-14)10-13-8(6-15-10)7(2)11/h4-7H,3,11H2,1-2H3. The van der Waals surface area contributed by atoms with Gasteiger partial charge < -0.3 is 5.73 Å². The molecule has 0 amide bonds. The molecule has 80 valence electrons. The highest BCUT2D eigenvalue weighted by Gasteiger charge is 2.10. The average molecular weight is 222 g/mol. The van der Waals surface area contributed by atoms with Crippen LogP contribution in [0.3, 0.4) is 0 Å². The summed E-state index contributed by atoms with van der Waals surface area (Å²) in [5.41, 5.74) is 7.78. The lowest BCUT2D eigenvalue weighted by atomic mass is 10.3. The maximum Gasteiger partial charge on any atom is 0.141 e. The van der Waals surface area contributed by atoms with Crippen LogP contribution in [-0.4, -0.2) is 14.8 Å². The fraction of sp³-hybridized carbons (Fsp3) is 0.400. The summed E-state index contributed by atoms with van der Waals surface area (Å²) in [5.74, 6) is 0. The zero-order valence-electron chi connectivity index (χ0n) is 8.84. The molecule has 4 nitrogen and oxygen atoms in total. The summed E-state index contributed by atoms with van der Waals surface area (Å²) in [6.45, 7) is 4.86. The van der Waals surface area contributed by atoms with E-state index in [9.17, 15) is 0 Å². The normalized spacial score (nSPS) is 13.0. The van der Waals surface area contributed by atoms with E-state index in [1.54, 1.807) is 17.5 Å². The fourth-order valence-electron chi connectivity index (χ4n) is 1.38. The Morgan fingerprint density at radius 1 is 1.60 bits per heavy atom. The van der Waals surface area contributed by atoms with Crippen molar-refractivity contribution in [3.63, 3.8) is 0 Å². The summed E-state index contributed by atoms with van der Waals surface area (Å²) >= 11 is 1.61. The average Bonchev–Trinajstić information content (AvgIpc) is 2.85. The van der Waals surface area contributed by atoms with Gasteiger partial charge in [0.2, 0.25) is 0 Å². The lowest BCUT2D eigenvalue weighted by Crippen LogP contribution is -2.05. The van der Waals surface area contributed by atoms with Crippen LogP contribution in [0.25, 0.3) is 10.7 Å². The Labute approximate surface area is 92.8 Å². The third-order valence-electron chi connectivity index (χ3n) is 2.22. The molecule has 1 atom stereocenters. The van der Waals surface area contributed by atoms with Crippen LogP contribution in [0, 0.1) is 0 Å². The molecule has 0 aromatic carbocycles. The molecule has 0 saturated carbocycles. The van der Waals surface area contributed by atoms with Crippen LogP contribution in [0.5, 0.6) is 0 Å². The Hall–Kier alpha value is -1.20. The van der Waals surface area contributed by atoms with E-state index in [0.29, 0.717) is 0 Å². The number of nitrogens with zero attached hydrogens (tertiary/aromatic N) is 3. The second kappa shape index (κ2) is 4.12. The molecule has 2 N–H and O–H groups in total. The molecule has 2 aromatic heterocycles. The summed E-state index contributed by atoms with van der Waals surface area (Å²) in [7, 11) is 0. The molecule has 0 saturated heterocycles. The molecular formula is C10H14N4S. The lowest BCUT2D eigenvalue weighted by molar-refractivity contribution is 0.666.